The Morgan fingerprint density at radius 2 is 1.79 bits per heavy atom. The van der Waals surface area contributed by atoms with Crippen LogP contribution in [0.5, 0.6) is 11.5 Å². The van der Waals surface area contributed by atoms with Crippen LogP contribution in [0.2, 0.25) is 0 Å². The molecule has 1 atom stereocenters. The molecule has 0 radical (unpaired) electrons. The van der Waals surface area contributed by atoms with Crippen molar-refractivity contribution in [3.8, 4) is 11.5 Å². The van der Waals surface area contributed by atoms with Crippen molar-refractivity contribution in [1.29, 1.82) is 0 Å². The summed E-state index contributed by atoms with van der Waals surface area (Å²) in [6.07, 6.45) is -4.53. The number of aliphatic carboxylic acids is 1. The highest BCUT2D eigenvalue weighted by molar-refractivity contribution is 7.15. The molecule has 29 heavy (non-hydrogen) atoms. The third kappa shape index (κ3) is 4.53. The van der Waals surface area contributed by atoms with Crippen LogP contribution in [0.3, 0.4) is 0 Å². The van der Waals surface area contributed by atoms with Crippen molar-refractivity contribution < 1.29 is 32.5 Å². The molecule has 1 aliphatic heterocycles. The number of carboxylic acids is 1. The minimum absolute atomic E-state index is 0.176. The summed E-state index contributed by atoms with van der Waals surface area (Å²) in [6, 6.07) is 3.99. The second kappa shape index (κ2) is 8.41. The van der Waals surface area contributed by atoms with E-state index in [1.165, 1.54) is 14.2 Å². The first-order valence-corrected chi connectivity index (χ1v) is 9.40. The number of piperazine rings is 1. The molecule has 1 saturated heterocycles. The van der Waals surface area contributed by atoms with E-state index < -0.39 is 23.2 Å². The maximum Gasteiger partial charge on any atom is 0.445 e. The van der Waals surface area contributed by atoms with Crippen molar-refractivity contribution in [3.05, 3.63) is 28.8 Å². The first kappa shape index (κ1) is 21.1. The van der Waals surface area contributed by atoms with Gasteiger partial charge in [0.1, 0.15) is 6.04 Å². The van der Waals surface area contributed by atoms with E-state index in [2.05, 4.69) is 10.2 Å². The molecule has 1 aromatic heterocycles. The summed E-state index contributed by atoms with van der Waals surface area (Å²) in [4.78, 5) is 15.4. The Morgan fingerprint density at radius 1 is 1.14 bits per heavy atom. The van der Waals surface area contributed by atoms with Gasteiger partial charge in [-0.25, -0.2) is 0 Å². The van der Waals surface area contributed by atoms with Gasteiger partial charge in [0.15, 0.2) is 11.5 Å². The average Bonchev–Trinajstić information content (AvgIpc) is 3.19. The lowest BCUT2D eigenvalue weighted by Gasteiger charge is -2.37. The average molecular weight is 432 g/mol. The summed E-state index contributed by atoms with van der Waals surface area (Å²) >= 11 is 0.481. The number of carbonyl (C=O) groups is 1. The van der Waals surface area contributed by atoms with E-state index in [-0.39, 0.29) is 5.13 Å². The molecule has 1 unspecified atom stereocenters. The zero-order valence-corrected chi connectivity index (χ0v) is 16.5. The summed E-state index contributed by atoms with van der Waals surface area (Å²) in [6.45, 7) is 1.35. The number of aromatic nitrogens is 2. The van der Waals surface area contributed by atoms with Crippen LogP contribution in [0.1, 0.15) is 16.6 Å². The molecular formula is C17H19F3N4O4S. The van der Waals surface area contributed by atoms with Crippen molar-refractivity contribution in [2.24, 2.45) is 0 Å². The molecule has 158 valence electrons. The predicted octanol–water partition coefficient (Wildman–Crippen LogP) is 2.52. The third-order valence-corrected chi connectivity index (χ3v) is 5.59. The lowest BCUT2D eigenvalue weighted by atomic mass is 10.0. The number of methoxy groups -OCH3 is 2. The first-order chi connectivity index (χ1) is 13.7. The highest BCUT2D eigenvalue weighted by Crippen LogP contribution is 2.36. The monoisotopic (exact) mass is 432 g/mol. The van der Waals surface area contributed by atoms with Gasteiger partial charge in [0.25, 0.3) is 0 Å². The molecule has 0 saturated carbocycles. The van der Waals surface area contributed by atoms with E-state index >= 15 is 0 Å². The van der Waals surface area contributed by atoms with Crippen molar-refractivity contribution >= 4 is 22.4 Å². The van der Waals surface area contributed by atoms with Gasteiger partial charge in [0, 0.05) is 26.2 Å². The van der Waals surface area contributed by atoms with Gasteiger partial charge in [-0.3, -0.25) is 9.69 Å². The van der Waals surface area contributed by atoms with Crippen LogP contribution in [-0.2, 0) is 11.0 Å². The third-order valence-electron chi connectivity index (χ3n) is 4.56. The Labute approximate surface area is 168 Å². The number of ether oxygens (including phenoxy) is 2. The van der Waals surface area contributed by atoms with Crippen LogP contribution in [0.15, 0.2) is 18.2 Å². The fourth-order valence-electron chi connectivity index (χ4n) is 3.16. The van der Waals surface area contributed by atoms with Crippen LogP contribution in [0, 0.1) is 0 Å². The Bertz CT molecular complexity index is 869. The molecule has 0 spiro atoms. The maximum absolute atomic E-state index is 12.7. The zero-order chi connectivity index (χ0) is 21.2. The number of carboxylic acid groups (broad SMARTS) is 1. The molecule has 0 bridgehead atoms. The Hall–Kier alpha value is -2.60. The largest absolute Gasteiger partial charge is 0.493 e. The van der Waals surface area contributed by atoms with Crippen LogP contribution < -0.4 is 14.4 Å². The standard InChI is InChI=1S/C17H19F3N4O4S/c1-27-11-4-3-10(9-12(11)28-2)13(14(25)26)23-5-7-24(8-6-23)16-22-21-15(29-16)17(18,19)20/h3-4,9,13H,5-8H2,1-2H3,(H,25,26). The van der Waals surface area contributed by atoms with E-state index in [0.717, 1.165) is 0 Å². The van der Waals surface area contributed by atoms with E-state index in [9.17, 15) is 23.1 Å². The van der Waals surface area contributed by atoms with Crippen LogP contribution in [0.25, 0.3) is 0 Å². The van der Waals surface area contributed by atoms with E-state index in [1.54, 1.807) is 28.0 Å². The van der Waals surface area contributed by atoms with Gasteiger partial charge in [-0.15, -0.1) is 10.2 Å². The molecule has 1 fully saturated rings. The lowest BCUT2D eigenvalue weighted by molar-refractivity contribution is -0.143. The Kier molecular flexibility index (Phi) is 6.13. The Balaban J connectivity index is 1.74. The first-order valence-electron chi connectivity index (χ1n) is 8.59. The van der Waals surface area contributed by atoms with Gasteiger partial charge in [-0.1, -0.05) is 17.4 Å². The lowest BCUT2D eigenvalue weighted by Crippen LogP contribution is -2.49. The van der Waals surface area contributed by atoms with E-state index in [0.29, 0.717) is 54.6 Å². The molecule has 3 rings (SSSR count). The minimum Gasteiger partial charge on any atom is -0.493 e. The number of anilines is 1. The van der Waals surface area contributed by atoms with Gasteiger partial charge in [0.05, 0.1) is 14.2 Å². The van der Waals surface area contributed by atoms with Gasteiger partial charge >= 0.3 is 12.1 Å². The molecule has 2 aromatic rings. The van der Waals surface area contributed by atoms with Gasteiger partial charge in [-0.05, 0) is 17.7 Å². The molecule has 0 amide bonds. The van der Waals surface area contributed by atoms with Crippen molar-refractivity contribution in [2.45, 2.75) is 12.2 Å². The Morgan fingerprint density at radius 3 is 2.31 bits per heavy atom. The summed E-state index contributed by atoms with van der Waals surface area (Å²) in [7, 11) is 2.95. The number of rotatable bonds is 6. The van der Waals surface area contributed by atoms with Crippen molar-refractivity contribution in [2.75, 3.05) is 45.3 Å². The second-order valence-corrected chi connectivity index (χ2v) is 7.22. The van der Waals surface area contributed by atoms with Crippen LogP contribution >= 0.6 is 11.3 Å². The van der Waals surface area contributed by atoms with Gasteiger partial charge < -0.3 is 19.5 Å². The topological polar surface area (TPSA) is 88.0 Å². The molecular weight excluding hydrogens is 413 g/mol. The second-order valence-electron chi connectivity index (χ2n) is 6.27. The van der Waals surface area contributed by atoms with Crippen molar-refractivity contribution in [3.63, 3.8) is 0 Å². The number of hydrogen-bond acceptors (Lipinski definition) is 8. The van der Waals surface area contributed by atoms with Gasteiger partial charge in [0.2, 0.25) is 10.1 Å². The highest BCUT2D eigenvalue weighted by atomic mass is 32.1. The van der Waals surface area contributed by atoms with Crippen LogP contribution in [0.4, 0.5) is 18.3 Å². The van der Waals surface area contributed by atoms with Crippen molar-refractivity contribution in [1.82, 2.24) is 15.1 Å². The number of nitrogens with zero attached hydrogens (tertiary/aromatic N) is 4. The fraction of sp³-hybridized carbons (Fsp3) is 0.471. The summed E-state index contributed by atoms with van der Waals surface area (Å²) < 4.78 is 48.6. The summed E-state index contributed by atoms with van der Waals surface area (Å²) in [5.74, 6) is -0.119. The SMILES string of the molecule is COc1ccc(C(C(=O)O)N2CCN(c3nnc(C(F)(F)F)s3)CC2)cc1OC. The molecule has 12 heteroatoms. The fourth-order valence-corrected chi connectivity index (χ4v) is 3.93. The number of hydrogen-bond donors (Lipinski definition) is 1. The quantitative estimate of drug-likeness (QED) is 0.745. The predicted molar refractivity (Wildman–Crippen MR) is 98.6 cm³/mol. The minimum atomic E-state index is -4.53. The smallest absolute Gasteiger partial charge is 0.445 e. The molecule has 2 heterocycles. The number of alkyl halides is 3. The molecule has 1 aliphatic rings. The summed E-state index contributed by atoms with van der Waals surface area (Å²) in [5, 5.41) is 15.8. The van der Waals surface area contributed by atoms with Crippen LogP contribution in [-0.4, -0.2) is 66.6 Å². The maximum atomic E-state index is 12.7. The molecule has 1 aromatic carbocycles. The molecule has 8 nitrogen and oxygen atoms in total. The highest BCUT2D eigenvalue weighted by Gasteiger charge is 2.37. The van der Waals surface area contributed by atoms with E-state index in [4.69, 9.17) is 9.47 Å². The normalized spacial score (nSPS) is 16.5. The molecule has 0 aliphatic carbocycles. The molecule has 1 N–H and O–H groups in total. The summed E-state index contributed by atoms with van der Waals surface area (Å²) in [5.41, 5.74) is 0.527. The number of halogens is 3. The van der Waals surface area contributed by atoms with E-state index in [1.807, 2.05) is 0 Å². The zero-order valence-electron chi connectivity index (χ0n) is 15.6. The van der Waals surface area contributed by atoms with Gasteiger partial charge in [-0.2, -0.15) is 13.2 Å². The number of benzene rings is 1.